The summed E-state index contributed by atoms with van der Waals surface area (Å²) in [6.45, 7) is 0. The monoisotopic (exact) mass is 404 g/mol. The lowest BCUT2D eigenvalue weighted by atomic mass is 10.1. The second-order valence-electron chi connectivity index (χ2n) is 4.76. The lowest BCUT2D eigenvalue weighted by molar-refractivity contribution is -0.130. The first-order valence-corrected chi connectivity index (χ1v) is 7.80. The Hall–Kier alpha value is -2.08. The third-order valence-electron chi connectivity index (χ3n) is 3.28. The maximum absolute atomic E-state index is 12.0. The molecule has 0 spiro atoms. The highest BCUT2D eigenvalue weighted by Gasteiger charge is 2.21. The molecule has 0 radical (unpaired) electrons. The molecule has 3 rings (SSSR count). The Balaban J connectivity index is 1.92. The Morgan fingerprint density at radius 3 is 2.59 bits per heavy atom. The molecule has 1 aliphatic rings. The van der Waals surface area contributed by atoms with Gasteiger partial charge in [0.25, 0.3) is 0 Å². The van der Waals surface area contributed by atoms with Crippen LogP contribution in [-0.2, 0) is 9.53 Å². The van der Waals surface area contributed by atoms with Gasteiger partial charge in [-0.05, 0) is 52.4 Å². The second kappa shape index (κ2) is 6.36. The van der Waals surface area contributed by atoms with Gasteiger partial charge in [-0.15, -0.1) is 0 Å². The van der Waals surface area contributed by atoms with Crippen LogP contribution < -0.4 is 4.74 Å². The van der Waals surface area contributed by atoms with Gasteiger partial charge < -0.3 is 9.47 Å². The predicted molar refractivity (Wildman–Crippen MR) is 94.2 cm³/mol. The molecule has 0 aromatic heterocycles. The van der Waals surface area contributed by atoms with Crippen molar-refractivity contribution in [3.63, 3.8) is 0 Å². The first-order chi connectivity index (χ1) is 10.7. The standard InChI is InChI=1S/C18H13IO3/c1-21-16-8-7-12(10-15(16)19)9-14-11-17(22-18(14)20)13-5-3-2-4-6-13/h2-11H,1H3/b14-9+. The summed E-state index contributed by atoms with van der Waals surface area (Å²) in [6, 6.07) is 15.3. The first-order valence-electron chi connectivity index (χ1n) is 6.72. The maximum atomic E-state index is 12.0. The van der Waals surface area contributed by atoms with Gasteiger partial charge in [-0.25, -0.2) is 4.79 Å². The van der Waals surface area contributed by atoms with Crippen molar-refractivity contribution in [1.29, 1.82) is 0 Å². The van der Waals surface area contributed by atoms with Crippen LogP contribution in [0.15, 0.2) is 60.2 Å². The van der Waals surface area contributed by atoms with Crippen molar-refractivity contribution >= 4 is 40.4 Å². The number of rotatable bonds is 3. The number of ether oxygens (including phenoxy) is 2. The van der Waals surface area contributed by atoms with Gasteiger partial charge in [-0.1, -0.05) is 36.4 Å². The number of benzene rings is 2. The number of hydrogen-bond acceptors (Lipinski definition) is 3. The lowest BCUT2D eigenvalue weighted by Gasteiger charge is -2.03. The summed E-state index contributed by atoms with van der Waals surface area (Å²) in [5.41, 5.74) is 2.37. The summed E-state index contributed by atoms with van der Waals surface area (Å²) in [5, 5.41) is 0. The average molecular weight is 404 g/mol. The van der Waals surface area contributed by atoms with E-state index in [2.05, 4.69) is 22.6 Å². The van der Waals surface area contributed by atoms with E-state index in [1.54, 1.807) is 13.2 Å². The molecule has 2 aromatic rings. The highest BCUT2D eigenvalue weighted by molar-refractivity contribution is 14.1. The number of esters is 1. The van der Waals surface area contributed by atoms with E-state index in [1.165, 1.54) is 0 Å². The minimum Gasteiger partial charge on any atom is -0.496 e. The van der Waals surface area contributed by atoms with Crippen molar-refractivity contribution in [3.05, 3.63) is 74.9 Å². The maximum Gasteiger partial charge on any atom is 0.343 e. The molecule has 4 heteroatoms. The number of cyclic esters (lactones) is 1. The molecule has 0 saturated heterocycles. The second-order valence-corrected chi connectivity index (χ2v) is 5.92. The van der Waals surface area contributed by atoms with Gasteiger partial charge in [0.05, 0.1) is 16.3 Å². The lowest BCUT2D eigenvalue weighted by Crippen LogP contribution is -1.97. The molecule has 0 bridgehead atoms. The van der Waals surface area contributed by atoms with Crippen LogP contribution in [0, 0.1) is 3.57 Å². The summed E-state index contributed by atoms with van der Waals surface area (Å²) < 4.78 is 11.6. The van der Waals surface area contributed by atoms with Gasteiger partial charge in [-0.2, -0.15) is 0 Å². The van der Waals surface area contributed by atoms with Crippen LogP contribution in [0.3, 0.4) is 0 Å². The fraction of sp³-hybridized carbons (Fsp3) is 0.0556. The van der Waals surface area contributed by atoms with Gasteiger partial charge in [0.1, 0.15) is 11.5 Å². The van der Waals surface area contributed by atoms with E-state index < -0.39 is 0 Å². The molecule has 110 valence electrons. The van der Waals surface area contributed by atoms with Crippen LogP contribution in [-0.4, -0.2) is 13.1 Å². The highest BCUT2D eigenvalue weighted by atomic mass is 127. The van der Waals surface area contributed by atoms with E-state index >= 15 is 0 Å². The van der Waals surface area contributed by atoms with Gasteiger partial charge in [0.15, 0.2) is 0 Å². The molecule has 0 N–H and O–H groups in total. The molecule has 0 unspecified atom stereocenters. The zero-order chi connectivity index (χ0) is 15.5. The zero-order valence-corrected chi connectivity index (χ0v) is 14.0. The Bertz CT molecular complexity index is 776. The SMILES string of the molecule is COc1ccc(/C=C2\C=C(c3ccccc3)OC2=O)cc1I. The van der Waals surface area contributed by atoms with Crippen molar-refractivity contribution in [2.45, 2.75) is 0 Å². The smallest absolute Gasteiger partial charge is 0.343 e. The largest absolute Gasteiger partial charge is 0.496 e. The fourth-order valence-corrected chi connectivity index (χ4v) is 2.95. The fourth-order valence-electron chi connectivity index (χ4n) is 2.19. The molecule has 1 aliphatic heterocycles. The van der Waals surface area contributed by atoms with E-state index in [0.29, 0.717) is 11.3 Å². The minimum absolute atomic E-state index is 0.329. The Kier molecular flexibility index (Phi) is 4.29. The van der Waals surface area contributed by atoms with Crippen molar-refractivity contribution in [2.75, 3.05) is 7.11 Å². The molecule has 0 fully saturated rings. The van der Waals surface area contributed by atoms with E-state index in [9.17, 15) is 4.79 Å². The van der Waals surface area contributed by atoms with E-state index in [-0.39, 0.29) is 5.97 Å². The molecule has 22 heavy (non-hydrogen) atoms. The van der Waals surface area contributed by atoms with Crippen LogP contribution in [0.2, 0.25) is 0 Å². The van der Waals surface area contributed by atoms with Gasteiger partial charge in [0.2, 0.25) is 0 Å². The Morgan fingerprint density at radius 2 is 1.91 bits per heavy atom. The Morgan fingerprint density at radius 1 is 1.14 bits per heavy atom. The van der Waals surface area contributed by atoms with E-state index in [1.807, 2.05) is 54.6 Å². The molecule has 0 atom stereocenters. The average Bonchev–Trinajstić information content (AvgIpc) is 2.89. The quantitative estimate of drug-likeness (QED) is 0.435. The van der Waals surface area contributed by atoms with E-state index in [4.69, 9.17) is 9.47 Å². The number of carbonyl (C=O) groups excluding carboxylic acids is 1. The van der Waals surface area contributed by atoms with E-state index in [0.717, 1.165) is 20.4 Å². The highest BCUT2D eigenvalue weighted by Crippen LogP contribution is 2.28. The molecule has 0 aliphatic carbocycles. The number of hydrogen-bond donors (Lipinski definition) is 0. The molecule has 2 aromatic carbocycles. The van der Waals surface area contributed by atoms with Crippen LogP contribution in [0.1, 0.15) is 11.1 Å². The number of halogens is 1. The number of carbonyl (C=O) groups is 1. The molecule has 0 amide bonds. The molecular weight excluding hydrogens is 391 g/mol. The van der Waals surface area contributed by atoms with Crippen LogP contribution in [0.25, 0.3) is 11.8 Å². The van der Waals surface area contributed by atoms with Crippen LogP contribution in [0.4, 0.5) is 0 Å². The molecular formula is C18H13IO3. The third-order valence-corrected chi connectivity index (χ3v) is 4.12. The topological polar surface area (TPSA) is 35.5 Å². The van der Waals surface area contributed by atoms with Gasteiger partial charge >= 0.3 is 5.97 Å². The summed E-state index contributed by atoms with van der Waals surface area (Å²) >= 11 is 2.21. The molecule has 1 heterocycles. The van der Waals surface area contributed by atoms with Crippen molar-refractivity contribution in [1.82, 2.24) is 0 Å². The summed E-state index contributed by atoms with van der Waals surface area (Å²) in [6.07, 6.45) is 3.59. The molecule has 0 saturated carbocycles. The van der Waals surface area contributed by atoms with Crippen LogP contribution >= 0.6 is 22.6 Å². The Labute approximate surface area is 142 Å². The summed E-state index contributed by atoms with van der Waals surface area (Å²) in [4.78, 5) is 12.0. The predicted octanol–water partition coefficient (Wildman–Crippen LogP) is 4.28. The normalized spacial score (nSPS) is 15.6. The van der Waals surface area contributed by atoms with Gasteiger partial charge in [0, 0.05) is 5.56 Å². The third kappa shape index (κ3) is 3.06. The van der Waals surface area contributed by atoms with Crippen molar-refractivity contribution < 1.29 is 14.3 Å². The van der Waals surface area contributed by atoms with Crippen molar-refractivity contribution in [2.24, 2.45) is 0 Å². The summed E-state index contributed by atoms with van der Waals surface area (Å²) in [5.74, 6) is 1.07. The zero-order valence-electron chi connectivity index (χ0n) is 11.9. The van der Waals surface area contributed by atoms with Crippen LogP contribution in [0.5, 0.6) is 5.75 Å². The summed E-state index contributed by atoms with van der Waals surface area (Å²) in [7, 11) is 1.64. The minimum atomic E-state index is -0.329. The van der Waals surface area contributed by atoms with Gasteiger partial charge in [-0.3, -0.25) is 0 Å². The first kappa shape index (κ1) is 14.8. The number of methoxy groups -OCH3 is 1. The van der Waals surface area contributed by atoms with Crippen molar-refractivity contribution in [3.8, 4) is 5.75 Å². The molecule has 3 nitrogen and oxygen atoms in total.